The van der Waals surface area contributed by atoms with E-state index in [1.54, 1.807) is 55.6 Å². The number of benzene rings is 2. The van der Waals surface area contributed by atoms with E-state index in [2.05, 4.69) is 10.6 Å². The summed E-state index contributed by atoms with van der Waals surface area (Å²) in [6.45, 7) is 2.25. The van der Waals surface area contributed by atoms with Crippen LogP contribution in [0.3, 0.4) is 0 Å². The Morgan fingerprint density at radius 2 is 1.66 bits per heavy atom. The van der Waals surface area contributed by atoms with Gasteiger partial charge in [0.05, 0.1) is 19.3 Å². The second-order valence-electron chi connectivity index (χ2n) is 6.03. The zero-order valence-corrected chi connectivity index (χ0v) is 17.2. The van der Waals surface area contributed by atoms with Crippen molar-refractivity contribution < 1.29 is 23.8 Å². The van der Waals surface area contributed by atoms with Gasteiger partial charge in [0, 0.05) is 5.69 Å². The molecular weight excluding hydrogens is 392 g/mol. The number of ether oxygens (including phenoxy) is 3. The Kier molecular flexibility index (Phi) is 8.91. The third-order valence-electron chi connectivity index (χ3n) is 3.79. The zero-order valence-electron chi connectivity index (χ0n) is 16.4. The van der Waals surface area contributed by atoms with Crippen LogP contribution in [0.2, 0.25) is 0 Å². The average Bonchev–Trinajstić information content (AvgIpc) is 2.73. The van der Waals surface area contributed by atoms with Gasteiger partial charge in [-0.15, -0.1) is 0 Å². The first-order chi connectivity index (χ1) is 14.0. The topological polar surface area (TPSA) is 85.9 Å². The van der Waals surface area contributed by atoms with Gasteiger partial charge >= 0.3 is 5.97 Å². The number of carbonyl (C=O) groups is 2. The first-order valence-electron chi connectivity index (χ1n) is 9.16. The number of carbonyl (C=O) groups excluding carboxylic acids is 2. The van der Waals surface area contributed by atoms with Crippen LogP contribution >= 0.6 is 12.2 Å². The van der Waals surface area contributed by atoms with E-state index in [1.165, 1.54) is 0 Å². The van der Waals surface area contributed by atoms with Crippen molar-refractivity contribution in [1.29, 1.82) is 0 Å². The highest BCUT2D eigenvalue weighted by Gasteiger charge is 2.09. The zero-order chi connectivity index (χ0) is 21.1. The minimum atomic E-state index is -0.394. The van der Waals surface area contributed by atoms with Crippen LogP contribution in [0.1, 0.15) is 30.1 Å². The fourth-order valence-corrected chi connectivity index (χ4v) is 2.46. The minimum Gasteiger partial charge on any atom is -0.497 e. The maximum Gasteiger partial charge on any atom is 0.338 e. The van der Waals surface area contributed by atoms with E-state index >= 15 is 0 Å². The molecule has 1 amide bonds. The summed E-state index contributed by atoms with van der Waals surface area (Å²) in [5.41, 5.74) is 1.09. The molecule has 2 rings (SSSR count). The number of rotatable bonds is 9. The standard InChI is InChI=1S/C21H24N2O5S/c1-3-4-13-27-20(25)15-5-7-16(8-6-15)22-21(29)23-19(24)14-28-18-11-9-17(26-2)10-12-18/h5-12H,3-4,13-14H2,1-2H3,(H2,22,23,24,29). The second-order valence-corrected chi connectivity index (χ2v) is 6.44. The molecule has 0 spiro atoms. The molecule has 0 atom stereocenters. The molecule has 0 saturated carbocycles. The molecule has 0 aromatic heterocycles. The normalized spacial score (nSPS) is 10.0. The van der Waals surface area contributed by atoms with Crippen molar-refractivity contribution in [3.8, 4) is 11.5 Å². The average molecular weight is 416 g/mol. The van der Waals surface area contributed by atoms with E-state index in [0.29, 0.717) is 29.4 Å². The van der Waals surface area contributed by atoms with Crippen LogP contribution in [0, 0.1) is 0 Å². The van der Waals surface area contributed by atoms with E-state index in [4.69, 9.17) is 26.4 Å². The van der Waals surface area contributed by atoms with Gasteiger partial charge in [-0.2, -0.15) is 0 Å². The molecule has 29 heavy (non-hydrogen) atoms. The van der Waals surface area contributed by atoms with Crippen molar-refractivity contribution in [3.63, 3.8) is 0 Å². The summed E-state index contributed by atoms with van der Waals surface area (Å²) in [6, 6.07) is 13.5. The predicted octanol–water partition coefficient (Wildman–Crippen LogP) is 3.54. The molecule has 0 aliphatic heterocycles. The molecule has 2 aromatic rings. The van der Waals surface area contributed by atoms with Crippen LogP contribution in [0.25, 0.3) is 0 Å². The lowest BCUT2D eigenvalue weighted by Crippen LogP contribution is -2.37. The molecular formula is C21H24N2O5S. The summed E-state index contributed by atoms with van der Waals surface area (Å²) in [7, 11) is 1.57. The Balaban J connectivity index is 1.76. The maximum atomic E-state index is 12.0. The van der Waals surface area contributed by atoms with Gasteiger partial charge in [0.15, 0.2) is 11.7 Å². The smallest absolute Gasteiger partial charge is 0.338 e. The van der Waals surface area contributed by atoms with E-state index < -0.39 is 5.91 Å². The molecule has 0 fully saturated rings. The summed E-state index contributed by atoms with van der Waals surface area (Å²) in [5.74, 6) is 0.486. The van der Waals surface area contributed by atoms with Gasteiger partial charge in [0.2, 0.25) is 0 Å². The van der Waals surface area contributed by atoms with E-state index in [9.17, 15) is 9.59 Å². The molecule has 8 heteroatoms. The maximum absolute atomic E-state index is 12.0. The third-order valence-corrected chi connectivity index (χ3v) is 4.00. The van der Waals surface area contributed by atoms with Gasteiger partial charge in [0.1, 0.15) is 11.5 Å². The Bertz CT molecular complexity index is 822. The minimum absolute atomic E-state index is 0.131. The van der Waals surface area contributed by atoms with E-state index in [-0.39, 0.29) is 17.7 Å². The molecule has 0 radical (unpaired) electrons. The lowest BCUT2D eigenvalue weighted by atomic mass is 10.2. The van der Waals surface area contributed by atoms with Crippen molar-refractivity contribution in [2.75, 3.05) is 25.6 Å². The highest BCUT2D eigenvalue weighted by molar-refractivity contribution is 7.80. The van der Waals surface area contributed by atoms with Crippen LogP contribution in [0.5, 0.6) is 11.5 Å². The molecule has 0 bridgehead atoms. The van der Waals surface area contributed by atoms with Crippen LogP contribution in [0.15, 0.2) is 48.5 Å². The van der Waals surface area contributed by atoms with Gasteiger partial charge in [-0.05, 0) is 67.2 Å². The summed E-state index contributed by atoms with van der Waals surface area (Å²) in [5, 5.41) is 5.54. The number of methoxy groups -OCH3 is 1. The summed E-state index contributed by atoms with van der Waals surface area (Å²) < 4.78 is 15.6. The van der Waals surface area contributed by atoms with E-state index in [0.717, 1.165) is 12.8 Å². The number of nitrogens with one attached hydrogen (secondary N) is 2. The highest BCUT2D eigenvalue weighted by Crippen LogP contribution is 2.16. The first-order valence-corrected chi connectivity index (χ1v) is 9.57. The van der Waals surface area contributed by atoms with Crippen molar-refractivity contribution in [2.45, 2.75) is 19.8 Å². The number of hydrogen-bond donors (Lipinski definition) is 2. The lowest BCUT2D eigenvalue weighted by molar-refractivity contribution is -0.121. The molecule has 0 heterocycles. The number of thiocarbonyl (C=S) groups is 1. The van der Waals surface area contributed by atoms with Gasteiger partial charge in [-0.3, -0.25) is 10.1 Å². The first kappa shape index (κ1) is 22.2. The monoisotopic (exact) mass is 416 g/mol. The van der Waals surface area contributed by atoms with Gasteiger partial charge in [-0.1, -0.05) is 13.3 Å². The third kappa shape index (κ3) is 7.79. The predicted molar refractivity (Wildman–Crippen MR) is 114 cm³/mol. The van der Waals surface area contributed by atoms with Crippen molar-refractivity contribution >= 4 is 34.9 Å². The highest BCUT2D eigenvalue weighted by atomic mass is 32.1. The van der Waals surface area contributed by atoms with Gasteiger partial charge < -0.3 is 19.5 Å². The number of unbranched alkanes of at least 4 members (excludes halogenated alkanes) is 1. The number of amides is 1. The largest absolute Gasteiger partial charge is 0.497 e. The molecule has 0 aliphatic rings. The van der Waals surface area contributed by atoms with Crippen LogP contribution in [-0.4, -0.2) is 37.3 Å². The van der Waals surface area contributed by atoms with Crippen LogP contribution in [0.4, 0.5) is 5.69 Å². The molecule has 2 aromatic carbocycles. The number of esters is 1. The molecule has 0 saturated heterocycles. The van der Waals surface area contributed by atoms with Crippen molar-refractivity contribution in [1.82, 2.24) is 5.32 Å². The van der Waals surface area contributed by atoms with Crippen LogP contribution < -0.4 is 20.1 Å². The molecule has 0 unspecified atom stereocenters. The molecule has 7 nitrogen and oxygen atoms in total. The molecule has 0 aliphatic carbocycles. The number of anilines is 1. The Labute approximate surface area is 175 Å². The lowest BCUT2D eigenvalue weighted by Gasteiger charge is -2.11. The molecule has 2 N–H and O–H groups in total. The summed E-state index contributed by atoms with van der Waals surface area (Å²) in [6.07, 6.45) is 1.80. The Hall–Kier alpha value is -3.13. The molecule has 154 valence electrons. The number of hydrogen-bond acceptors (Lipinski definition) is 6. The van der Waals surface area contributed by atoms with E-state index in [1.807, 2.05) is 6.92 Å². The quantitative estimate of drug-likeness (QED) is 0.367. The van der Waals surface area contributed by atoms with Gasteiger partial charge in [-0.25, -0.2) is 4.79 Å². The van der Waals surface area contributed by atoms with Crippen molar-refractivity contribution in [2.24, 2.45) is 0 Å². The fraction of sp³-hybridized carbons (Fsp3) is 0.286. The summed E-state index contributed by atoms with van der Waals surface area (Å²) >= 11 is 5.12. The van der Waals surface area contributed by atoms with Crippen molar-refractivity contribution in [3.05, 3.63) is 54.1 Å². The van der Waals surface area contributed by atoms with Crippen LogP contribution in [-0.2, 0) is 9.53 Å². The Morgan fingerprint density at radius 1 is 1.00 bits per heavy atom. The van der Waals surface area contributed by atoms with Gasteiger partial charge in [0.25, 0.3) is 5.91 Å². The summed E-state index contributed by atoms with van der Waals surface area (Å²) in [4.78, 5) is 23.8. The Morgan fingerprint density at radius 3 is 2.28 bits per heavy atom. The second kappa shape index (κ2) is 11.7. The SMILES string of the molecule is CCCCOC(=O)c1ccc(NC(=S)NC(=O)COc2ccc(OC)cc2)cc1. The fourth-order valence-electron chi connectivity index (χ4n) is 2.23.